The van der Waals surface area contributed by atoms with E-state index in [4.69, 9.17) is 10.5 Å². The van der Waals surface area contributed by atoms with Crippen molar-refractivity contribution in [3.63, 3.8) is 0 Å². The average Bonchev–Trinajstić information content (AvgIpc) is 3.26. The summed E-state index contributed by atoms with van der Waals surface area (Å²) in [5.74, 6) is 0.481. The second-order valence-corrected chi connectivity index (χ2v) is 10.0. The summed E-state index contributed by atoms with van der Waals surface area (Å²) in [6.45, 7) is 3.83. The van der Waals surface area contributed by atoms with Crippen molar-refractivity contribution in [3.8, 4) is 17.1 Å². The molecule has 0 aliphatic heterocycles. The molecule has 4 rings (SSSR count). The van der Waals surface area contributed by atoms with Crippen molar-refractivity contribution in [2.24, 2.45) is 5.41 Å². The fourth-order valence-corrected chi connectivity index (χ4v) is 4.47. The van der Waals surface area contributed by atoms with Crippen molar-refractivity contribution in [2.45, 2.75) is 51.6 Å². The molecule has 0 atom stereocenters. The highest BCUT2D eigenvalue weighted by atomic mass is 79.9. The SMILES string of the molecule is COc1cc(-c2cc(C(=O)N[C@H]3CC[C@H](NC(=O)C(C)(C)CBr)CC3)c3c(N)ncnn23)ccn1. The van der Waals surface area contributed by atoms with Crippen LogP contribution in [-0.4, -0.2) is 55.9 Å². The van der Waals surface area contributed by atoms with Gasteiger partial charge in [0.2, 0.25) is 11.8 Å². The lowest BCUT2D eigenvalue weighted by Gasteiger charge is -2.32. The zero-order valence-corrected chi connectivity index (χ0v) is 21.6. The molecular weight excluding hydrogens is 514 g/mol. The molecule has 186 valence electrons. The Morgan fingerprint density at radius 2 is 1.86 bits per heavy atom. The van der Waals surface area contributed by atoms with Crippen LogP contribution in [0, 0.1) is 5.41 Å². The van der Waals surface area contributed by atoms with E-state index >= 15 is 0 Å². The molecule has 2 amide bonds. The van der Waals surface area contributed by atoms with Crippen LogP contribution in [0.4, 0.5) is 5.82 Å². The first kappa shape index (κ1) is 24.9. The van der Waals surface area contributed by atoms with Crippen LogP contribution in [0.5, 0.6) is 5.88 Å². The van der Waals surface area contributed by atoms with Gasteiger partial charge >= 0.3 is 0 Å². The number of nitrogen functional groups attached to an aromatic ring is 1. The van der Waals surface area contributed by atoms with Crippen LogP contribution < -0.4 is 21.1 Å². The van der Waals surface area contributed by atoms with Crippen molar-refractivity contribution in [1.82, 2.24) is 30.2 Å². The Kier molecular flexibility index (Phi) is 7.25. The Morgan fingerprint density at radius 3 is 2.51 bits per heavy atom. The molecule has 3 aromatic heterocycles. The number of anilines is 1. The standard InChI is InChI=1S/C24H30BrN7O3/c1-24(2,12-25)23(34)31-16-6-4-15(5-7-16)30-22(33)17-11-18(14-8-9-27-19(10-14)35-3)32-20(17)21(26)28-13-29-32/h8-11,13,15-16H,4-7,12H2,1-3H3,(H,30,33)(H,31,34)(H2,26,28,29)/t15-,16-. The zero-order chi connectivity index (χ0) is 25.2. The fourth-order valence-electron chi connectivity index (χ4n) is 4.21. The van der Waals surface area contributed by atoms with E-state index in [1.807, 2.05) is 19.9 Å². The number of aromatic nitrogens is 4. The molecule has 4 N–H and O–H groups in total. The largest absolute Gasteiger partial charge is 0.481 e. The summed E-state index contributed by atoms with van der Waals surface area (Å²) < 4.78 is 6.85. The van der Waals surface area contributed by atoms with Gasteiger partial charge in [0.15, 0.2) is 5.82 Å². The van der Waals surface area contributed by atoms with E-state index in [1.54, 1.807) is 30.0 Å². The van der Waals surface area contributed by atoms with Gasteiger partial charge in [-0.25, -0.2) is 14.5 Å². The number of methoxy groups -OCH3 is 1. The minimum atomic E-state index is -0.458. The van der Waals surface area contributed by atoms with E-state index in [0.29, 0.717) is 28.0 Å². The molecule has 0 unspecified atom stereocenters. The molecule has 0 aromatic carbocycles. The van der Waals surface area contributed by atoms with Crippen molar-refractivity contribution in [3.05, 3.63) is 36.3 Å². The maximum Gasteiger partial charge on any atom is 0.253 e. The summed E-state index contributed by atoms with van der Waals surface area (Å²) in [7, 11) is 1.55. The lowest BCUT2D eigenvalue weighted by molar-refractivity contribution is -0.129. The fraction of sp³-hybridized carbons (Fsp3) is 0.458. The third-order valence-electron chi connectivity index (χ3n) is 6.41. The van der Waals surface area contributed by atoms with Gasteiger partial charge in [0.1, 0.15) is 11.8 Å². The number of halogens is 1. The number of nitrogens with two attached hydrogens (primary N) is 1. The van der Waals surface area contributed by atoms with E-state index in [0.717, 1.165) is 31.2 Å². The summed E-state index contributed by atoms with van der Waals surface area (Å²) >= 11 is 3.40. The maximum atomic E-state index is 13.3. The van der Waals surface area contributed by atoms with Gasteiger partial charge in [0.05, 0.1) is 23.8 Å². The summed E-state index contributed by atoms with van der Waals surface area (Å²) in [5.41, 5.74) is 8.02. The summed E-state index contributed by atoms with van der Waals surface area (Å²) in [4.78, 5) is 34.0. The number of rotatable bonds is 7. The summed E-state index contributed by atoms with van der Waals surface area (Å²) in [6.07, 6.45) is 6.15. The molecule has 0 saturated heterocycles. The van der Waals surface area contributed by atoms with Crippen LogP contribution in [0.15, 0.2) is 30.7 Å². The number of hydrogen-bond acceptors (Lipinski definition) is 7. The highest BCUT2D eigenvalue weighted by Gasteiger charge is 2.31. The number of carbonyl (C=O) groups excluding carboxylic acids is 2. The Labute approximate surface area is 212 Å². The normalized spacial score (nSPS) is 18.3. The molecule has 11 heteroatoms. The van der Waals surface area contributed by atoms with Crippen molar-refractivity contribution in [2.75, 3.05) is 18.2 Å². The monoisotopic (exact) mass is 543 g/mol. The van der Waals surface area contributed by atoms with Crippen molar-refractivity contribution < 1.29 is 14.3 Å². The van der Waals surface area contributed by atoms with Crippen LogP contribution in [0.2, 0.25) is 0 Å². The Hall–Kier alpha value is -3.21. The number of alkyl halides is 1. The smallest absolute Gasteiger partial charge is 0.253 e. The van der Waals surface area contributed by atoms with Crippen LogP contribution in [-0.2, 0) is 4.79 Å². The molecule has 1 aliphatic carbocycles. The molecule has 0 radical (unpaired) electrons. The molecule has 3 heterocycles. The van der Waals surface area contributed by atoms with Gasteiger partial charge in [-0.15, -0.1) is 0 Å². The third-order valence-corrected chi connectivity index (χ3v) is 7.82. The molecule has 3 aromatic rings. The predicted molar refractivity (Wildman–Crippen MR) is 136 cm³/mol. The van der Waals surface area contributed by atoms with E-state index < -0.39 is 5.41 Å². The van der Waals surface area contributed by atoms with Crippen molar-refractivity contribution in [1.29, 1.82) is 0 Å². The molecule has 10 nitrogen and oxygen atoms in total. The molecule has 1 fully saturated rings. The Morgan fingerprint density at radius 1 is 1.17 bits per heavy atom. The number of pyridine rings is 1. The lowest BCUT2D eigenvalue weighted by atomic mass is 9.89. The van der Waals surface area contributed by atoms with Crippen LogP contribution in [0.3, 0.4) is 0 Å². The number of nitrogens with zero attached hydrogens (tertiary/aromatic N) is 4. The first-order valence-electron chi connectivity index (χ1n) is 11.5. The maximum absolute atomic E-state index is 13.3. The average molecular weight is 544 g/mol. The summed E-state index contributed by atoms with van der Waals surface area (Å²) in [5, 5.41) is 11.2. The second kappa shape index (κ2) is 10.2. The lowest BCUT2D eigenvalue weighted by Crippen LogP contribution is -2.47. The Balaban J connectivity index is 1.50. The number of hydrogen-bond donors (Lipinski definition) is 3. The minimum absolute atomic E-state index is 0.00473. The van der Waals surface area contributed by atoms with E-state index in [1.165, 1.54) is 6.33 Å². The van der Waals surface area contributed by atoms with Gasteiger partial charge < -0.3 is 21.1 Å². The van der Waals surface area contributed by atoms with Crippen LogP contribution in [0.1, 0.15) is 49.9 Å². The van der Waals surface area contributed by atoms with Gasteiger partial charge in [-0.1, -0.05) is 29.8 Å². The van der Waals surface area contributed by atoms with Gasteiger partial charge in [-0.05, 0) is 37.8 Å². The topological polar surface area (TPSA) is 137 Å². The molecular formula is C24H30BrN7O3. The van der Waals surface area contributed by atoms with Crippen molar-refractivity contribution >= 4 is 39.1 Å². The molecule has 1 saturated carbocycles. The number of amides is 2. The van der Waals surface area contributed by atoms with E-state index in [-0.39, 0.29) is 29.7 Å². The molecule has 35 heavy (non-hydrogen) atoms. The minimum Gasteiger partial charge on any atom is -0.481 e. The first-order chi connectivity index (χ1) is 16.7. The number of ether oxygens (including phenoxy) is 1. The van der Waals surface area contributed by atoms with E-state index in [9.17, 15) is 9.59 Å². The molecule has 0 bridgehead atoms. The highest BCUT2D eigenvalue weighted by molar-refractivity contribution is 9.09. The number of nitrogens with one attached hydrogen (secondary N) is 2. The van der Waals surface area contributed by atoms with Gasteiger partial charge in [0.25, 0.3) is 5.91 Å². The van der Waals surface area contributed by atoms with E-state index in [2.05, 4.69) is 41.6 Å². The second-order valence-electron chi connectivity index (χ2n) is 9.45. The first-order valence-corrected chi connectivity index (χ1v) is 12.7. The summed E-state index contributed by atoms with van der Waals surface area (Å²) in [6, 6.07) is 5.47. The molecule has 0 spiro atoms. The predicted octanol–water partition coefficient (Wildman–Crippen LogP) is 2.96. The zero-order valence-electron chi connectivity index (χ0n) is 20.0. The van der Waals surface area contributed by atoms with Gasteiger partial charge in [-0.2, -0.15) is 5.10 Å². The van der Waals surface area contributed by atoms with Crippen LogP contribution in [0.25, 0.3) is 16.8 Å². The third kappa shape index (κ3) is 5.24. The quantitative estimate of drug-likeness (QED) is 0.389. The van der Waals surface area contributed by atoms with Gasteiger partial charge in [0, 0.05) is 35.2 Å². The Bertz CT molecular complexity index is 1240. The highest BCUT2D eigenvalue weighted by Crippen LogP contribution is 2.30. The number of carbonyl (C=O) groups is 2. The number of fused-ring (bicyclic) bond motifs is 1. The van der Waals surface area contributed by atoms with Gasteiger partial charge in [-0.3, -0.25) is 9.59 Å². The van der Waals surface area contributed by atoms with Crippen LogP contribution >= 0.6 is 15.9 Å². The molecule has 1 aliphatic rings.